The van der Waals surface area contributed by atoms with Gasteiger partial charge in [-0.25, -0.2) is 4.79 Å². The molecule has 104 valence electrons. The molecule has 0 bridgehead atoms. The average Bonchev–Trinajstić information content (AvgIpc) is 2.56. The number of cyclic esters (lactones) is 1. The summed E-state index contributed by atoms with van der Waals surface area (Å²) in [5.41, 5.74) is -1.57. The van der Waals surface area contributed by atoms with Crippen LogP contribution >= 0.6 is 0 Å². The van der Waals surface area contributed by atoms with E-state index in [-0.39, 0.29) is 5.41 Å². The number of aliphatic hydroxyl groups is 1. The lowest BCUT2D eigenvalue weighted by Gasteiger charge is -2.28. The van der Waals surface area contributed by atoms with E-state index in [4.69, 9.17) is 9.47 Å². The van der Waals surface area contributed by atoms with Crippen LogP contribution < -0.4 is 0 Å². The minimum atomic E-state index is -1.27. The predicted octanol–water partition coefficient (Wildman–Crippen LogP) is 2.41. The van der Waals surface area contributed by atoms with Crippen molar-refractivity contribution in [1.82, 2.24) is 0 Å². The van der Waals surface area contributed by atoms with E-state index >= 15 is 0 Å². The van der Waals surface area contributed by atoms with Crippen molar-refractivity contribution in [2.24, 2.45) is 5.41 Å². The Morgan fingerprint density at radius 3 is 2.50 bits per heavy atom. The first kappa shape index (κ1) is 15.2. The van der Waals surface area contributed by atoms with E-state index in [0.717, 1.165) is 6.42 Å². The number of hydrogen-bond acceptors (Lipinski definition) is 4. The van der Waals surface area contributed by atoms with Gasteiger partial charge in [-0.05, 0) is 19.8 Å². The molecule has 0 saturated carbocycles. The topological polar surface area (TPSA) is 55.8 Å². The summed E-state index contributed by atoms with van der Waals surface area (Å²) in [6.07, 6.45) is 3.60. The Morgan fingerprint density at radius 2 is 2.06 bits per heavy atom. The summed E-state index contributed by atoms with van der Waals surface area (Å²) < 4.78 is 10.9. The van der Waals surface area contributed by atoms with Crippen LogP contribution in [0.3, 0.4) is 0 Å². The Bertz CT molecular complexity index is 329. The zero-order chi connectivity index (χ0) is 14.0. The molecule has 0 aromatic rings. The van der Waals surface area contributed by atoms with Crippen molar-refractivity contribution in [2.45, 2.75) is 65.5 Å². The standard InChI is InChI=1S/C14H24O4/c1-6-7-8-9-10(15)14(5)11(16)17-12(18-14)13(2,3)4/h7-8,10,12,15H,6,9H2,1-5H3/b8-7+/t10?,12-,14-/m0/s1. The predicted molar refractivity (Wildman–Crippen MR) is 68.9 cm³/mol. The van der Waals surface area contributed by atoms with Gasteiger partial charge in [-0.15, -0.1) is 0 Å². The molecule has 3 atom stereocenters. The van der Waals surface area contributed by atoms with Crippen LogP contribution in [0.2, 0.25) is 0 Å². The number of esters is 1. The van der Waals surface area contributed by atoms with Crippen LogP contribution in [0.25, 0.3) is 0 Å². The van der Waals surface area contributed by atoms with E-state index in [1.165, 1.54) is 0 Å². The second kappa shape index (κ2) is 5.41. The van der Waals surface area contributed by atoms with E-state index < -0.39 is 24.0 Å². The van der Waals surface area contributed by atoms with E-state index in [9.17, 15) is 9.90 Å². The maximum absolute atomic E-state index is 11.9. The quantitative estimate of drug-likeness (QED) is 0.620. The monoisotopic (exact) mass is 256 g/mol. The van der Waals surface area contributed by atoms with Gasteiger partial charge in [0.05, 0.1) is 6.10 Å². The first-order valence-corrected chi connectivity index (χ1v) is 6.43. The summed E-state index contributed by atoms with van der Waals surface area (Å²) >= 11 is 0. The van der Waals surface area contributed by atoms with Crippen molar-refractivity contribution in [2.75, 3.05) is 0 Å². The molecule has 0 radical (unpaired) electrons. The fraction of sp³-hybridized carbons (Fsp3) is 0.786. The Morgan fingerprint density at radius 1 is 1.44 bits per heavy atom. The van der Waals surface area contributed by atoms with Crippen molar-refractivity contribution >= 4 is 5.97 Å². The van der Waals surface area contributed by atoms with Crippen LogP contribution in [0, 0.1) is 5.41 Å². The molecule has 1 N–H and O–H groups in total. The molecule has 0 aliphatic carbocycles. The van der Waals surface area contributed by atoms with Crippen LogP contribution in [0.1, 0.15) is 47.5 Å². The molecule has 0 amide bonds. The number of allylic oxidation sites excluding steroid dienone is 1. The minimum Gasteiger partial charge on any atom is -0.433 e. The average molecular weight is 256 g/mol. The number of hydrogen-bond donors (Lipinski definition) is 1. The first-order valence-electron chi connectivity index (χ1n) is 6.43. The van der Waals surface area contributed by atoms with Gasteiger partial charge in [0.25, 0.3) is 0 Å². The Kier molecular flexibility index (Phi) is 4.56. The molecule has 1 rings (SSSR count). The highest BCUT2D eigenvalue weighted by molar-refractivity contribution is 5.81. The van der Waals surface area contributed by atoms with E-state index in [1.807, 2.05) is 39.8 Å². The highest BCUT2D eigenvalue weighted by Crippen LogP contribution is 2.37. The smallest absolute Gasteiger partial charge is 0.343 e. The summed E-state index contributed by atoms with van der Waals surface area (Å²) in [5.74, 6) is -0.486. The first-order chi connectivity index (χ1) is 8.21. The van der Waals surface area contributed by atoms with Crippen molar-refractivity contribution in [3.8, 4) is 0 Å². The molecule has 4 heteroatoms. The van der Waals surface area contributed by atoms with Crippen LogP contribution in [0.4, 0.5) is 0 Å². The number of carbonyl (C=O) groups excluding carboxylic acids is 1. The lowest BCUT2D eigenvalue weighted by Crippen LogP contribution is -2.45. The van der Waals surface area contributed by atoms with Crippen LogP contribution in [-0.4, -0.2) is 29.1 Å². The summed E-state index contributed by atoms with van der Waals surface area (Å²) in [4.78, 5) is 11.9. The normalized spacial score (nSPS) is 30.8. The number of rotatable bonds is 4. The molecule has 1 aliphatic rings. The summed E-state index contributed by atoms with van der Waals surface area (Å²) in [6, 6.07) is 0. The molecule has 1 unspecified atom stereocenters. The van der Waals surface area contributed by atoms with Crippen LogP contribution in [0.15, 0.2) is 12.2 Å². The summed E-state index contributed by atoms with van der Waals surface area (Å²) in [5, 5.41) is 10.1. The van der Waals surface area contributed by atoms with Gasteiger partial charge in [0.1, 0.15) is 0 Å². The Labute approximate surface area is 109 Å². The second-order valence-corrected chi connectivity index (χ2v) is 5.96. The van der Waals surface area contributed by atoms with Gasteiger partial charge < -0.3 is 14.6 Å². The Hall–Kier alpha value is -0.870. The summed E-state index contributed by atoms with van der Waals surface area (Å²) in [7, 11) is 0. The Balaban J connectivity index is 2.74. The molecule has 1 heterocycles. The third-order valence-corrected chi connectivity index (χ3v) is 3.08. The fourth-order valence-corrected chi connectivity index (χ4v) is 1.69. The molecule has 1 fully saturated rings. The van der Waals surface area contributed by atoms with Crippen LogP contribution in [-0.2, 0) is 14.3 Å². The molecular weight excluding hydrogens is 232 g/mol. The van der Waals surface area contributed by atoms with Gasteiger partial charge >= 0.3 is 5.97 Å². The molecule has 0 spiro atoms. The third kappa shape index (κ3) is 3.12. The van der Waals surface area contributed by atoms with Crippen LogP contribution in [0.5, 0.6) is 0 Å². The van der Waals surface area contributed by atoms with Gasteiger partial charge in [-0.3, -0.25) is 0 Å². The van der Waals surface area contributed by atoms with Gasteiger partial charge in [0.15, 0.2) is 5.60 Å². The van der Waals surface area contributed by atoms with Crippen molar-refractivity contribution in [3.63, 3.8) is 0 Å². The SMILES string of the molecule is CC/C=C/CC(O)[C@]1(C)O[C@@H](C(C)(C)C)OC1=O. The number of carbonyl (C=O) groups is 1. The lowest BCUT2D eigenvalue weighted by atomic mass is 9.94. The van der Waals surface area contributed by atoms with Gasteiger partial charge in [-0.2, -0.15) is 0 Å². The zero-order valence-electron chi connectivity index (χ0n) is 11.9. The zero-order valence-corrected chi connectivity index (χ0v) is 11.9. The fourth-order valence-electron chi connectivity index (χ4n) is 1.69. The maximum Gasteiger partial charge on any atom is 0.343 e. The lowest BCUT2D eigenvalue weighted by molar-refractivity contribution is -0.164. The van der Waals surface area contributed by atoms with Crippen molar-refractivity contribution < 1.29 is 19.4 Å². The van der Waals surface area contributed by atoms with Gasteiger partial charge in [0, 0.05) is 5.41 Å². The second-order valence-electron chi connectivity index (χ2n) is 5.96. The van der Waals surface area contributed by atoms with Crippen molar-refractivity contribution in [3.05, 3.63) is 12.2 Å². The highest BCUT2D eigenvalue weighted by atomic mass is 16.8. The molecule has 0 aromatic carbocycles. The van der Waals surface area contributed by atoms with E-state index in [2.05, 4.69) is 0 Å². The van der Waals surface area contributed by atoms with Crippen molar-refractivity contribution in [1.29, 1.82) is 0 Å². The van der Waals surface area contributed by atoms with Gasteiger partial charge in [-0.1, -0.05) is 39.8 Å². The minimum absolute atomic E-state index is 0.299. The molecule has 4 nitrogen and oxygen atoms in total. The maximum atomic E-state index is 11.9. The van der Waals surface area contributed by atoms with E-state index in [1.54, 1.807) is 6.92 Å². The third-order valence-electron chi connectivity index (χ3n) is 3.08. The van der Waals surface area contributed by atoms with E-state index in [0.29, 0.717) is 6.42 Å². The number of aliphatic hydroxyl groups excluding tert-OH is 1. The molecule has 18 heavy (non-hydrogen) atoms. The largest absolute Gasteiger partial charge is 0.433 e. The molecule has 1 aliphatic heterocycles. The summed E-state index contributed by atoms with van der Waals surface area (Å²) in [6.45, 7) is 9.40. The number of ether oxygens (including phenoxy) is 2. The molecular formula is C14H24O4. The molecule has 1 saturated heterocycles. The van der Waals surface area contributed by atoms with Gasteiger partial charge in [0.2, 0.25) is 6.29 Å². The highest BCUT2D eigenvalue weighted by Gasteiger charge is 2.54. The molecule has 0 aromatic heterocycles.